The van der Waals surface area contributed by atoms with E-state index in [9.17, 15) is 14.4 Å². The summed E-state index contributed by atoms with van der Waals surface area (Å²) < 4.78 is 5.49. The van der Waals surface area contributed by atoms with Crippen LogP contribution in [0.25, 0.3) is 10.8 Å². The van der Waals surface area contributed by atoms with E-state index in [1.54, 1.807) is 30.3 Å². The van der Waals surface area contributed by atoms with Gasteiger partial charge in [0.05, 0.1) is 18.2 Å². The van der Waals surface area contributed by atoms with Crippen LogP contribution in [0.2, 0.25) is 0 Å². The van der Waals surface area contributed by atoms with Crippen molar-refractivity contribution in [3.8, 4) is 5.75 Å². The average molecular weight is 447 g/mol. The molecule has 4 rings (SSSR count). The van der Waals surface area contributed by atoms with E-state index in [2.05, 4.69) is 15.5 Å². The number of nitrogens with one attached hydrogen (secondary N) is 1. The van der Waals surface area contributed by atoms with Crippen molar-refractivity contribution in [1.82, 2.24) is 5.32 Å². The first-order chi connectivity index (χ1) is 15.5. The number of aliphatic carboxylic acids is 1. The quantitative estimate of drug-likeness (QED) is 0.259. The number of carboxylic acids is 1. The zero-order valence-corrected chi connectivity index (χ0v) is 17.4. The molecule has 160 valence electrons. The summed E-state index contributed by atoms with van der Waals surface area (Å²) in [5.74, 6) is -1.51. The van der Waals surface area contributed by atoms with Crippen LogP contribution < -0.4 is 10.1 Å². The summed E-state index contributed by atoms with van der Waals surface area (Å²) in [4.78, 5) is 35.0. The molecule has 0 radical (unpaired) electrons. The van der Waals surface area contributed by atoms with Crippen LogP contribution in [0.4, 0.5) is 0 Å². The summed E-state index contributed by atoms with van der Waals surface area (Å²) in [7, 11) is 0. The molecule has 3 aromatic carbocycles. The number of esters is 1. The topological polar surface area (TPSA) is 117 Å². The van der Waals surface area contributed by atoms with Crippen molar-refractivity contribution >= 4 is 51.8 Å². The Morgan fingerprint density at radius 2 is 1.81 bits per heavy atom. The fourth-order valence-corrected chi connectivity index (χ4v) is 4.00. The maximum Gasteiger partial charge on any atom is 0.344 e. The number of carbonyl (C=O) groups excluding carboxylic acids is 2. The Hall–Kier alpha value is -3.98. The maximum atomic E-state index is 12.6. The fraction of sp³-hybridized carbons (Fsp3) is 0.0870. The summed E-state index contributed by atoms with van der Waals surface area (Å²) >= 11 is 1.03. The SMILES string of the molecule is O=C(O)C[C@H]1S/C(=N\N=C/c2ccc(OC(=O)c3cccc4ccccc34)cc2)NC1=O. The molecule has 1 saturated heterocycles. The van der Waals surface area contributed by atoms with Gasteiger partial charge in [-0.1, -0.05) is 48.2 Å². The monoisotopic (exact) mass is 447 g/mol. The van der Waals surface area contributed by atoms with Crippen LogP contribution in [0.3, 0.4) is 0 Å². The molecule has 1 heterocycles. The van der Waals surface area contributed by atoms with Gasteiger partial charge in [-0.15, -0.1) is 5.10 Å². The van der Waals surface area contributed by atoms with Crippen LogP contribution >= 0.6 is 11.8 Å². The highest BCUT2D eigenvalue weighted by Crippen LogP contribution is 2.23. The Labute approximate surface area is 187 Å². The smallest absolute Gasteiger partial charge is 0.344 e. The van der Waals surface area contributed by atoms with Crippen molar-refractivity contribution in [2.24, 2.45) is 10.2 Å². The summed E-state index contributed by atoms with van der Waals surface area (Å²) in [6.45, 7) is 0. The molecule has 0 bridgehead atoms. The van der Waals surface area contributed by atoms with Crippen molar-refractivity contribution in [1.29, 1.82) is 0 Å². The van der Waals surface area contributed by atoms with Gasteiger partial charge in [-0.2, -0.15) is 5.10 Å². The molecule has 1 aliphatic heterocycles. The van der Waals surface area contributed by atoms with Gasteiger partial charge >= 0.3 is 11.9 Å². The number of benzene rings is 3. The zero-order valence-electron chi connectivity index (χ0n) is 16.6. The van der Waals surface area contributed by atoms with Crippen LogP contribution in [0.15, 0.2) is 76.9 Å². The number of carbonyl (C=O) groups is 3. The first-order valence-electron chi connectivity index (χ1n) is 9.60. The number of amides is 1. The summed E-state index contributed by atoms with van der Waals surface area (Å²) in [6.07, 6.45) is 1.19. The molecule has 1 amide bonds. The van der Waals surface area contributed by atoms with E-state index < -0.39 is 23.1 Å². The molecule has 0 spiro atoms. The van der Waals surface area contributed by atoms with Crippen LogP contribution in [-0.4, -0.2) is 39.6 Å². The van der Waals surface area contributed by atoms with Gasteiger partial charge in [-0.05, 0) is 46.7 Å². The Bertz CT molecular complexity index is 1250. The molecule has 8 nitrogen and oxygen atoms in total. The molecule has 0 aliphatic carbocycles. The largest absolute Gasteiger partial charge is 0.481 e. The second-order valence-corrected chi connectivity index (χ2v) is 8.02. The van der Waals surface area contributed by atoms with Gasteiger partial charge in [0, 0.05) is 0 Å². The van der Waals surface area contributed by atoms with Gasteiger partial charge in [-0.25, -0.2) is 4.79 Å². The zero-order chi connectivity index (χ0) is 22.5. The minimum absolute atomic E-state index is 0.248. The molecule has 1 aliphatic rings. The van der Waals surface area contributed by atoms with Gasteiger partial charge in [0.1, 0.15) is 11.0 Å². The lowest BCUT2D eigenvalue weighted by atomic mass is 10.0. The predicted octanol–water partition coefficient (Wildman–Crippen LogP) is 3.46. The summed E-state index contributed by atoms with van der Waals surface area (Å²) in [5, 5.41) is 20.4. The Morgan fingerprint density at radius 3 is 2.59 bits per heavy atom. The van der Waals surface area contributed by atoms with E-state index >= 15 is 0 Å². The summed E-state index contributed by atoms with van der Waals surface area (Å²) in [6, 6.07) is 19.8. The molecular weight excluding hydrogens is 430 g/mol. The van der Waals surface area contributed by atoms with E-state index in [4.69, 9.17) is 9.84 Å². The van der Waals surface area contributed by atoms with Gasteiger partial charge in [-0.3, -0.25) is 9.59 Å². The van der Waals surface area contributed by atoms with Crippen LogP contribution in [-0.2, 0) is 9.59 Å². The third-order valence-corrected chi connectivity index (χ3v) is 5.66. The van der Waals surface area contributed by atoms with Crippen LogP contribution in [0.1, 0.15) is 22.3 Å². The molecule has 9 heteroatoms. The van der Waals surface area contributed by atoms with E-state index in [0.29, 0.717) is 16.9 Å². The second kappa shape index (κ2) is 9.44. The second-order valence-electron chi connectivity index (χ2n) is 6.83. The number of carboxylic acid groups (broad SMARTS) is 1. The number of hydrogen-bond acceptors (Lipinski definition) is 7. The number of amidine groups is 1. The number of hydrogen-bond donors (Lipinski definition) is 2. The summed E-state index contributed by atoms with van der Waals surface area (Å²) in [5.41, 5.74) is 1.19. The lowest BCUT2D eigenvalue weighted by molar-refractivity contribution is -0.138. The third kappa shape index (κ3) is 5.01. The average Bonchev–Trinajstić information content (AvgIpc) is 3.12. The number of rotatable bonds is 6. The number of fused-ring (bicyclic) bond motifs is 1. The maximum absolute atomic E-state index is 12.6. The molecule has 2 N–H and O–H groups in total. The number of thioether (sulfide) groups is 1. The third-order valence-electron chi connectivity index (χ3n) is 4.59. The highest BCUT2D eigenvalue weighted by molar-refractivity contribution is 8.15. The van der Waals surface area contributed by atoms with E-state index in [0.717, 1.165) is 22.5 Å². The van der Waals surface area contributed by atoms with Gasteiger partial charge in [0.2, 0.25) is 5.91 Å². The van der Waals surface area contributed by atoms with Gasteiger partial charge < -0.3 is 15.2 Å². The van der Waals surface area contributed by atoms with Crippen molar-refractivity contribution in [2.45, 2.75) is 11.7 Å². The molecule has 0 unspecified atom stereocenters. The molecular formula is C23H17N3O5S. The molecule has 0 aromatic heterocycles. The predicted molar refractivity (Wildman–Crippen MR) is 122 cm³/mol. The molecule has 32 heavy (non-hydrogen) atoms. The molecule has 1 fully saturated rings. The van der Waals surface area contributed by atoms with Crippen LogP contribution in [0, 0.1) is 0 Å². The minimum atomic E-state index is -1.05. The highest BCUT2D eigenvalue weighted by Gasteiger charge is 2.32. The lowest BCUT2D eigenvalue weighted by Gasteiger charge is -2.07. The first-order valence-corrected chi connectivity index (χ1v) is 10.5. The normalized spacial score (nSPS) is 17.1. The molecule has 1 atom stereocenters. The van der Waals surface area contributed by atoms with Crippen molar-refractivity contribution in [3.63, 3.8) is 0 Å². The molecule has 0 saturated carbocycles. The van der Waals surface area contributed by atoms with E-state index in [1.165, 1.54) is 6.21 Å². The van der Waals surface area contributed by atoms with Gasteiger partial charge in [0.25, 0.3) is 0 Å². The van der Waals surface area contributed by atoms with E-state index in [1.807, 2.05) is 36.4 Å². The lowest BCUT2D eigenvalue weighted by Crippen LogP contribution is -2.26. The Balaban J connectivity index is 1.39. The van der Waals surface area contributed by atoms with Crippen LogP contribution in [0.5, 0.6) is 5.75 Å². The van der Waals surface area contributed by atoms with Crippen molar-refractivity contribution in [3.05, 3.63) is 77.9 Å². The van der Waals surface area contributed by atoms with Gasteiger partial charge in [0.15, 0.2) is 5.17 Å². The van der Waals surface area contributed by atoms with Crippen molar-refractivity contribution < 1.29 is 24.2 Å². The minimum Gasteiger partial charge on any atom is -0.481 e. The van der Waals surface area contributed by atoms with E-state index in [-0.39, 0.29) is 11.6 Å². The molecule has 3 aromatic rings. The standard InChI is InChI=1S/C23H17N3O5S/c27-20(28)12-19-21(29)25-23(32-19)26-24-13-14-8-10-16(11-9-14)31-22(30)18-7-3-5-15-4-1-2-6-17(15)18/h1-11,13,19H,12H2,(H,27,28)(H,25,26,29)/b24-13-/t19-/m1/s1. The Kier molecular flexibility index (Phi) is 6.27. The fourth-order valence-electron chi connectivity index (χ4n) is 3.08. The van der Waals surface area contributed by atoms with Crippen molar-refractivity contribution in [2.75, 3.05) is 0 Å². The highest BCUT2D eigenvalue weighted by atomic mass is 32.2. The first kappa shape index (κ1) is 21.3. The number of nitrogens with zero attached hydrogens (tertiary/aromatic N) is 2. The number of ether oxygens (including phenoxy) is 1. The Morgan fingerprint density at radius 1 is 1.06 bits per heavy atom.